The van der Waals surface area contributed by atoms with E-state index >= 15 is 0 Å². The highest BCUT2D eigenvalue weighted by molar-refractivity contribution is 7.12. The lowest BCUT2D eigenvalue weighted by Crippen LogP contribution is -2.87. The Morgan fingerprint density at radius 1 is 1.29 bits per heavy atom. The van der Waals surface area contributed by atoms with Gasteiger partial charge < -0.3 is 19.1 Å². The van der Waals surface area contributed by atoms with Gasteiger partial charge in [0.25, 0.3) is 0 Å². The fourth-order valence-electron chi connectivity index (χ4n) is 7.65. The highest BCUT2D eigenvalue weighted by atomic mass is 32.1. The zero-order valence-electron chi connectivity index (χ0n) is 15.7. The van der Waals surface area contributed by atoms with Crippen molar-refractivity contribution in [2.45, 2.75) is 48.3 Å². The van der Waals surface area contributed by atoms with E-state index in [0.717, 1.165) is 17.3 Å². The Hall–Kier alpha value is -1.25. The van der Waals surface area contributed by atoms with Crippen molar-refractivity contribution < 1.29 is 23.9 Å². The number of hydrogen-bond acceptors (Lipinski definition) is 6. The number of esters is 1. The molecule has 7 heteroatoms. The van der Waals surface area contributed by atoms with E-state index in [4.69, 9.17) is 9.47 Å². The van der Waals surface area contributed by atoms with Gasteiger partial charge in [-0.2, -0.15) is 0 Å². The molecule has 1 N–H and O–H groups in total. The maximum absolute atomic E-state index is 13.3. The molecule has 28 heavy (non-hydrogen) atoms. The summed E-state index contributed by atoms with van der Waals surface area (Å²) in [6.45, 7) is 0. The van der Waals surface area contributed by atoms with E-state index < -0.39 is 11.6 Å². The number of rotatable bonds is 4. The minimum atomic E-state index is -1.71. The molecule has 7 atom stereocenters. The molecule has 3 saturated carbocycles. The van der Waals surface area contributed by atoms with Crippen molar-refractivity contribution in [3.8, 4) is 0 Å². The number of ether oxygens (including phenoxy) is 2. The van der Waals surface area contributed by atoms with Crippen molar-refractivity contribution in [1.82, 2.24) is 0 Å². The second-order valence-electron chi connectivity index (χ2n) is 9.66. The van der Waals surface area contributed by atoms with Crippen LogP contribution in [0.3, 0.4) is 0 Å². The van der Waals surface area contributed by atoms with Crippen molar-refractivity contribution in [1.29, 1.82) is 0 Å². The molecule has 2 aromatic rings. The van der Waals surface area contributed by atoms with Crippen LogP contribution in [0.4, 0.5) is 0 Å². The molecule has 146 valence electrons. The monoisotopic (exact) mass is 416 g/mol. The molecule has 3 aliphatic carbocycles. The Labute approximate surface area is 171 Å². The number of hydrogen-bond donors (Lipinski definition) is 1. The molecule has 5 nitrogen and oxygen atoms in total. The van der Waals surface area contributed by atoms with E-state index in [1.54, 1.807) is 0 Å². The van der Waals surface area contributed by atoms with Crippen molar-refractivity contribution >= 4 is 28.6 Å². The Kier molecular flexibility index (Phi) is 2.70. The number of piperidine rings is 1. The Balaban J connectivity index is 1.18. The standard InChI is InChI=1S/C21H22NO4S2/c1-22(2)12-9-11(10-19(12)15-16-21(15,26-16)17(19)22)25-18(23)20(24,13-5-3-7-27-13)14-6-4-8-28-14/h3-8,11-12,15-17,24H,9-10H2,1-2H3/q+1/t11-,12?,15?,16?,17?,19?,21?/m0/s1. The van der Waals surface area contributed by atoms with Crippen LogP contribution in [0.25, 0.3) is 0 Å². The molecule has 0 bridgehead atoms. The number of carbonyl (C=O) groups excluding carboxylic acids is 1. The minimum absolute atomic E-state index is 0.122. The smallest absolute Gasteiger partial charge is 0.349 e. The maximum atomic E-state index is 13.3. The average Bonchev–Trinajstić information content (AvgIpc) is 3.17. The zero-order valence-corrected chi connectivity index (χ0v) is 17.3. The molecular formula is C21H22NO4S2+. The van der Waals surface area contributed by atoms with Gasteiger partial charge in [-0.25, -0.2) is 4.79 Å². The quantitative estimate of drug-likeness (QED) is 0.472. The van der Waals surface area contributed by atoms with E-state index in [2.05, 4.69) is 14.1 Å². The van der Waals surface area contributed by atoms with Crippen LogP contribution in [-0.4, -0.2) is 59.5 Å². The maximum Gasteiger partial charge on any atom is 0.349 e. The molecule has 5 fully saturated rings. The van der Waals surface area contributed by atoms with Crippen LogP contribution < -0.4 is 0 Å². The van der Waals surface area contributed by atoms with Crippen LogP contribution in [0.2, 0.25) is 0 Å². The highest BCUT2D eigenvalue weighted by Crippen LogP contribution is 2.93. The van der Waals surface area contributed by atoms with Crippen molar-refractivity contribution in [3.05, 3.63) is 44.8 Å². The summed E-state index contributed by atoms with van der Waals surface area (Å²) in [5, 5.41) is 15.2. The number of quaternary nitrogens is 1. The Bertz CT molecular complexity index is 968. The van der Waals surface area contributed by atoms with Gasteiger partial charge in [-0.3, -0.25) is 0 Å². The Morgan fingerprint density at radius 3 is 2.54 bits per heavy atom. The van der Waals surface area contributed by atoms with Gasteiger partial charge in [0.1, 0.15) is 24.3 Å². The van der Waals surface area contributed by atoms with Gasteiger partial charge in [-0.15, -0.1) is 22.7 Å². The number of nitrogens with zero attached hydrogens (tertiary/aromatic N) is 1. The molecule has 6 unspecified atom stereocenters. The molecule has 0 radical (unpaired) electrons. The van der Waals surface area contributed by atoms with Gasteiger partial charge in [0, 0.05) is 18.8 Å². The Morgan fingerprint density at radius 2 is 1.96 bits per heavy atom. The SMILES string of the molecule is C[N+]1(C)C2C[C@H](OC(=O)C(O)(c3cccs3)c3cccs3)CC23C2C4OC42C31. The molecule has 0 aromatic carbocycles. The number of likely N-dealkylation sites (N-methyl/N-ethyl adjacent to an activating group) is 1. The lowest BCUT2D eigenvalue weighted by atomic mass is 9.50. The molecule has 2 aromatic heterocycles. The van der Waals surface area contributed by atoms with E-state index in [1.807, 2.05) is 35.0 Å². The number of fused-ring (bicyclic) bond motifs is 1. The van der Waals surface area contributed by atoms with E-state index in [1.165, 1.54) is 22.7 Å². The van der Waals surface area contributed by atoms with Crippen LogP contribution in [0, 0.1) is 11.3 Å². The third-order valence-corrected chi connectivity index (χ3v) is 10.4. The first-order valence-corrected chi connectivity index (χ1v) is 11.7. The molecule has 4 heterocycles. The predicted molar refractivity (Wildman–Crippen MR) is 104 cm³/mol. The van der Waals surface area contributed by atoms with E-state index in [9.17, 15) is 9.90 Å². The van der Waals surface area contributed by atoms with Crippen LogP contribution in [0.15, 0.2) is 35.0 Å². The second kappa shape index (κ2) is 4.57. The van der Waals surface area contributed by atoms with Gasteiger partial charge in [0.15, 0.2) is 5.60 Å². The summed E-state index contributed by atoms with van der Waals surface area (Å²) in [5.41, 5.74) is -1.22. The van der Waals surface area contributed by atoms with Crippen molar-refractivity contribution in [2.24, 2.45) is 11.3 Å². The summed E-state index contributed by atoms with van der Waals surface area (Å²) in [6, 6.07) is 8.44. The summed E-state index contributed by atoms with van der Waals surface area (Å²) in [7, 11) is 4.60. The third-order valence-electron chi connectivity index (χ3n) is 8.39. The van der Waals surface area contributed by atoms with Gasteiger partial charge in [0.2, 0.25) is 5.60 Å². The van der Waals surface area contributed by atoms with Crippen LogP contribution in [0.5, 0.6) is 0 Å². The molecule has 7 rings (SSSR count). The molecule has 5 aliphatic rings. The van der Waals surface area contributed by atoms with Gasteiger partial charge >= 0.3 is 5.97 Å². The first kappa shape index (κ1) is 16.5. The van der Waals surface area contributed by atoms with Crippen molar-refractivity contribution in [3.63, 3.8) is 0 Å². The normalized spacial score (nSPS) is 45.6. The van der Waals surface area contributed by atoms with Crippen molar-refractivity contribution in [2.75, 3.05) is 14.1 Å². The zero-order chi connectivity index (χ0) is 19.1. The first-order chi connectivity index (χ1) is 13.4. The lowest BCUT2D eigenvalue weighted by molar-refractivity contribution is -1.02. The number of carbonyl (C=O) groups is 1. The molecule has 2 spiro atoms. The predicted octanol–water partition coefficient (Wildman–Crippen LogP) is 2.35. The fourth-order valence-corrected chi connectivity index (χ4v) is 9.36. The topological polar surface area (TPSA) is 59.1 Å². The van der Waals surface area contributed by atoms with Gasteiger partial charge in [-0.1, -0.05) is 12.1 Å². The summed E-state index contributed by atoms with van der Waals surface area (Å²) < 4.78 is 12.9. The molecule has 2 saturated heterocycles. The second-order valence-corrected chi connectivity index (χ2v) is 11.6. The van der Waals surface area contributed by atoms with E-state index in [-0.39, 0.29) is 11.7 Å². The minimum Gasteiger partial charge on any atom is -0.459 e. The number of thiophene rings is 2. The average molecular weight is 417 g/mol. The largest absolute Gasteiger partial charge is 0.459 e. The molecule has 0 amide bonds. The third kappa shape index (κ3) is 1.49. The first-order valence-electron chi connectivity index (χ1n) is 9.90. The lowest BCUT2D eigenvalue weighted by Gasteiger charge is -2.71. The van der Waals surface area contributed by atoms with E-state index in [0.29, 0.717) is 39.3 Å². The summed E-state index contributed by atoms with van der Waals surface area (Å²) in [6.07, 6.45) is 2.17. The number of aliphatic hydroxyl groups is 1. The molecule has 2 aliphatic heterocycles. The van der Waals surface area contributed by atoms with Gasteiger partial charge in [-0.05, 0) is 22.9 Å². The summed E-state index contributed by atoms with van der Waals surface area (Å²) in [4.78, 5) is 14.5. The highest BCUT2D eigenvalue weighted by Gasteiger charge is 3.10. The fraction of sp³-hybridized carbons (Fsp3) is 0.571. The summed E-state index contributed by atoms with van der Waals surface area (Å²) >= 11 is 2.77. The van der Waals surface area contributed by atoms with Crippen LogP contribution in [0.1, 0.15) is 22.6 Å². The number of epoxide rings is 1. The molecular weight excluding hydrogens is 394 g/mol. The van der Waals surface area contributed by atoms with Crippen LogP contribution in [-0.2, 0) is 19.9 Å². The van der Waals surface area contributed by atoms with Crippen LogP contribution >= 0.6 is 22.7 Å². The summed E-state index contributed by atoms with van der Waals surface area (Å²) in [5.74, 6) is 0.159. The van der Waals surface area contributed by atoms with Gasteiger partial charge in [0.05, 0.1) is 29.3 Å². The number of likely N-dealkylation sites (tertiary alicyclic amines) is 1.